The van der Waals surface area contributed by atoms with Gasteiger partial charge in [0.15, 0.2) is 0 Å². The first-order valence-electron chi connectivity index (χ1n) is 10.8. The number of ether oxygens (including phenoxy) is 1. The molecule has 1 heterocycles. The van der Waals surface area contributed by atoms with Gasteiger partial charge in [0, 0.05) is 43.3 Å². The van der Waals surface area contributed by atoms with Gasteiger partial charge in [-0.15, -0.1) is 0 Å². The molecular formula is C23H30ClN3O4S. The summed E-state index contributed by atoms with van der Waals surface area (Å²) in [5, 5.41) is 3.66. The molecular weight excluding hydrogens is 450 g/mol. The highest BCUT2D eigenvalue weighted by atomic mass is 35.5. The third-order valence-electron chi connectivity index (χ3n) is 5.66. The van der Waals surface area contributed by atoms with Gasteiger partial charge >= 0.3 is 0 Å². The summed E-state index contributed by atoms with van der Waals surface area (Å²) in [6.45, 7) is 7.68. The maximum atomic E-state index is 12.8. The van der Waals surface area contributed by atoms with Crippen molar-refractivity contribution in [1.82, 2.24) is 14.5 Å². The first kappa shape index (κ1) is 24.7. The quantitative estimate of drug-likeness (QED) is 0.597. The lowest BCUT2D eigenvalue weighted by Gasteiger charge is -2.35. The van der Waals surface area contributed by atoms with E-state index in [0.29, 0.717) is 43.4 Å². The van der Waals surface area contributed by atoms with Crippen molar-refractivity contribution >= 4 is 27.5 Å². The van der Waals surface area contributed by atoms with Gasteiger partial charge in [0.05, 0.1) is 24.2 Å². The average Bonchev–Trinajstić information content (AvgIpc) is 2.81. The van der Waals surface area contributed by atoms with Crippen molar-refractivity contribution in [1.29, 1.82) is 0 Å². The number of halogens is 1. The van der Waals surface area contributed by atoms with Crippen LogP contribution < -0.4 is 5.32 Å². The highest BCUT2D eigenvalue weighted by Gasteiger charge is 2.24. The number of amides is 1. The van der Waals surface area contributed by atoms with E-state index < -0.39 is 10.0 Å². The van der Waals surface area contributed by atoms with Crippen molar-refractivity contribution < 1.29 is 17.9 Å². The number of nitrogens with one attached hydrogen (secondary N) is 1. The van der Waals surface area contributed by atoms with Crippen LogP contribution in [-0.2, 0) is 14.8 Å². The van der Waals surface area contributed by atoms with Crippen LogP contribution in [0.15, 0.2) is 53.4 Å². The van der Waals surface area contributed by atoms with Gasteiger partial charge in [-0.25, -0.2) is 8.42 Å². The molecule has 1 N–H and O–H groups in total. The van der Waals surface area contributed by atoms with Crippen molar-refractivity contribution in [3.05, 3.63) is 64.7 Å². The third kappa shape index (κ3) is 5.88. The summed E-state index contributed by atoms with van der Waals surface area (Å²) in [4.78, 5) is 15.3. The fourth-order valence-electron chi connectivity index (χ4n) is 3.81. The topological polar surface area (TPSA) is 79.0 Å². The van der Waals surface area contributed by atoms with E-state index >= 15 is 0 Å². The molecule has 2 aromatic rings. The molecule has 1 aliphatic rings. The highest BCUT2D eigenvalue weighted by Crippen LogP contribution is 2.23. The highest BCUT2D eigenvalue weighted by molar-refractivity contribution is 7.89. The van der Waals surface area contributed by atoms with Gasteiger partial charge in [-0.05, 0) is 42.0 Å². The van der Waals surface area contributed by atoms with Gasteiger partial charge in [-0.2, -0.15) is 4.31 Å². The predicted molar refractivity (Wildman–Crippen MR) is 125 cm³/mol. The molecule has 3 rings (SSSR count). The van der Waals surface area contributed by atoms with E-state index in [2.05, 4.69) is 10.2 Å². The van der Waals surface area contributed by atoms with E-state index in [4.69, 9.17) is 16.3 Å². The first-order chi connectivity index (χ1) is 15.4. The molecule has 0 spiro atoms. The molecule has 1 aliphatic heterocycles. The number of carbonyl (C=O) groups is 1. The molecule has 0 aliphatic carbocycles. The van der Waals surface area contributed by atoms with Crippen LogP contribution >= 0.6 is 11.6 Å². The van der Waals surface area contributed by atoms with Crippen molar-refractivity contribution in [3.8, 4) is 0 Å². The number of rotatable bonds is 9. The Hall–Kier alpha value is -1.97. The third-order valence-corrected chi connectivity index (χ3v) is 7.97. The number of hydrogen-bond acceptors (Lipinski definition) is 5. The van der Waals surface area contributed by atoms with Crippen molar-refractivity contribution in [3.63, 3.8) is 0 Å². The van der Waals surface area contributed by atoms with Gasteiger partial charge < -0.3 is 10.1 Å². The second-order valence-electron chi connectivity index (χ2n) is 7.54. The Morgan fingerprint density at radius 2 is 1.66 bits per heavy atom. The molecule has 32 heavy (non-hydrogen) atoms. The Kier molecular flexibility index (Phi) is 8.67. The number of carbonyl (C=O) groups excluding carboxylic acids is 1. The molecule has 9 heteroatoms. The molecule has 0 radical (unpaired) electrons. The lowest BCUT2D eigenvalue weighted by molar-refractivity contribution is 0.0162. The molecule has 0 saturated carbocycles. The Bertz CT molecular complexity index is 987. The molecule has 0 aromatic heterocycles. The van der Waals surface area contributed by atoms with Crippen molar-refractivity contribution in [2.24, 2.45) is 0 Å². The molecule has 7 nitrogen and oxygen atoms in total. The Balaban J connectivity index is 1.71. The summed E-state index contributed by atoms with van der Waals surface area (Å²) in [6, 6.07) is 13.7. The van der Waals surface area contributed by atoms with E-state index in [1.807, 2.05) is 24.3 Å². The van der Waals surface area contributed by atoms with Gasteiger partial charge in [0.25, 0.3) is 5.91 Å². The second kappa shape index (κ2) is 11.2. The fourth-order valence-corrected chi connectivity index (χ4v) is 5.40. The SMILES string of the molecule is CCN(CC)S(=O)(=O)c1ccc(C(=O)NCC(c2ccc(Cl)cc2)N2CCOCC2)cc1. The summed E-state index contributed by atoms with van der Waals surface area (Å²) in [6.07, 6.45) is 0. The smallest absolute Gasteiger partial charge is 0.251 e. The van der Waals surface area contributed by atoms with Gasteiger partial charge in [-0.3, -0.25) is 9.69 Å². The van der Waals surface area contributed by atoms with Gasteiger partial charge in [-0.1, -0.05) is 37.6 Å². The summed E-state index contributed by atoms with van der Waals surface area (Å²) in [7, 11) is -3.55. The van der Waals surface area contributed by atoms with E-state index in [1.165, 1.54) is 16.4 Å². The zero-order chi connectivity index (χ0) is 23.1. The summed E-state index contributed by atoms with van der Waals surface area (Å²) in [5.74, 6) is -0.246. The van der Waals surface area contributed by atoms with Crippen LogP contribution in [0.2, 0.25) is 5.02 Å². The standard InChI is InChI=1S/C23H30ClN3O4S/c1-3-27(4-2)32(29,30)21-11-7-19(8-12-21)23(28)25-17-22(26-13-15-31-16-14-26)18-5-9-20(24)10-6-18/h5-12,22H,3-4,13-17H2,1-2H3,(H,25,28). The number of hydrogen-bond donors (Lipinski definition) is 1. The van der Waals surface area contributed by atoms with Crippen molar-refractivity contribution in [2.45, 2.75) is 24.8 Å². The number of morpholine rings is 1. The number of benzene rings is 2. The van der Waals surface area contributed by atoms with Gasteiger partial charge in [0.2, 0.25) is 10.0 Å². The number of sulfonamides is 1. The molecule has 1 saturated heterocycles. The van der Waals surface area contributed by atoms with Crippen LogP contribution in [0.25, 0.3) is 0 Å². The second-order valence-corrected chi connectivity index (χ2v) is 9.91. The Labute approximate surface area is 195 Å². The number of nitrogens with zero attached hydrogens (tertiary/aromatic N) is 2. The molecule has 0 bridgehead atoms. The van der Waals surface area contributed by atoms with Crippen LogP contribution in [0, 0.1) is 0 Å². The average molecular weight is 480 g/mol. The lowest BCUT2D eigenvalue weighted by Crippen LogP contribution is -2.43. The minimum Gasteiger partial charge on any atom is -0.379 e. The van der Waals surface area contributed by atoms with Crippen molar-refractivity contribution in [2.75, 3.05) is 45.9 Å². The first-order valence-corrected chi connectivity index (χ1v) is 12.6. The van der Waals surface area contributed by atoms with Crippen LogP contribution in [0.1, 0.15) is 35.8 Å². The van der Waals surface area contributed by atoms with Crippen LogP contribution in [0.3, 0.4) is 0 Å². The normalized spacial score (nSPS) is 16.1. The molecule has 1 fully saturated rings. The van der Waals surface area contributed by atoms with E-state index in [9.17, 15) is 13.2 Å². The molecule has 2 aromatic carbocycles. The summed E-state index contributed by atoms with van der Waals surface area (Å²) >= 11 is 6.04. The van der Waals surface area contributed by atoms with Crippen LogP contribution in [0.5, 0.6) is 0 Å². The van der Waals surface area contributed by atoms with Crippen LogP contribution in [-0.4, -0.2) is 69.5 Å². The molecule has 1 amide bonds. The van der Waals surface area contributed by atoms with E-state index in [-0.39, 0.29) is 16.8 Å². The summed E-state index contributed by atoms with van der Waals surface area (Å²) < 4.78 is 32.2. The predicted octanol–water partition coefficient (Wildman–Crippen LogP) is 3.17. The minimum absolute atomic E-state index is 0.0116. The van der Waals surface area contributed by atoms with Gasteiger partial charge in [0.1, 0.15) is 0 Å². The largest absolute Gasteiger partial charge is 0.379 e. The maximum absolute atomic E-state index is 12.8. The zero-order valence-electron chi connectivity index (χ0n) is 18.5. The monoisotopic (exact) mass is 479 g/mol. The summed E-state index contributed by atoms with van der Waals surface area (Å²) in [5.41, 5.74) is 1.48. The lowest BCUT2D eigenvalue weighted by atomic mass is 10.0. The van der Waals surface area contributed by atoms with Crippen LogP contribution in [0.4, 0.5) is 0 Å². The zero-order valence-corrected chi connectivity index (χ0v) is 20.0. The fraction of sp³-hybridized carbons (Fsp3) is 0.435. The Morgan fingerprint density at radius 1 is 1.06 bits per heavy atom. The molecule has 1 atom stereocenters. The maximum Gasteiger partial charge on any atom is 0.251 e. The minimum atomic E-state index is -3.55. The molecule has 1 unspecified atom stereocenters. The van der Waals surface area contributed by atoms with E-state index in [1.54, 1.807) is 26.0 Å². The Morgan fingerprint density at radius 3 is 2.22 bits per heavy atom. The molecule has 174 valence electrons. The van der Waals surface area contributed by atoms with E-state index in [0.717, 1.165) is 18.7 Å².